The zero-order valence-electron chi connectivity index (χ0n) is 21.9. The maximum atomic E-state index is 10.3. The number of ether oxygens (including phenoxy) is 6. The lowest BCUT2D eigenvalue weighted by Gasteiger charge is -2.46. The fourth-order valence-corrected chi connectivity index (χ4v) is 6.70. The Hall–Kier alpha value is -2.08. The number of rotatable bonds is 7. The van der Waals surface area contributed by atoms with Gasteiger partial charge in [0.2, 0.25) is 0 Å². The van der Waals surface area contributed by atoms with E-state index in [-0.39, 0.29) is 18.8 Å². The Morgan fingerprint density at radius 3 is 2.13 bits per heavy atom. The smallest absolute Gasteiger partial charge is 0.169 e. The molecule has 1 N–H and O–H groups in total. The van der Waals surface area contributed by atoms with Crippen molar-refractivity contribution < 1.29 is 33.5 Å². The summed E-state index contributed by atoms with van der Waals surface area (Å²) in [7, 11) is 0. The van der Waals surface area contributed by atoms with Crippen LogP contribution in [0.15, 0.2) is 22.6 Å². The predicted octanol–water partition coefficient (Wildman–Crippen LogP) is 5.46. The Morgan fingerprint density at radius 2 is 1.50 bits per heavy atom. The number of aliphatic hydroxyl groups excluding tert-OH is 1. The first-order valence-corrected chi connectivity index (χ1v) is 13.8. The molecule has 2 heterocycles. The molecule has 38 heavy (non-hydrogen) atoms. The van der Waals surface area contributed by atoms with Crippen molar-refractivity contribution in [3.63, 3.8) is 0 Å². The van der Waals surface area contributed by atoms with E-state index in [1.807, 2.05) is 0 Å². The van der Waals surface area contributed by atoms with E-state index < -0.39 is 60.5 Å². The lowest BCUT2D eigenvalue weighted by molar-refractivity contribution is -0.349. The van der Waals surface area contributed by atoms with Gasteiger partial charge in [0.05, 0.1) is 30.9 Å². The van der Waals surface area contributed by atoms with E-state index in [0.717, 1.165) is 64.2 Å². The minimum atomic E-state index is -0.793. The summed E-state index contributed by atoms with van der Waals surface area (Å²) in [4.78, 5) is 6.02. The zero-order valence-corrected chi connectivity index (χ0v) is 21.9. The van der Waals surface area contributed by atoms with Crippen LogP contribution >= 0.6 is 0 Å². The molecule has 210 valence electrons. The molecule has 0 bridgehead atoms. The van der Waals surface area contributed by atoms with Gasteiger partial charge in [-0.1, -0.05) is 29.6 Å². The molecule has 0 aromatic carbocycles. The molecule has 0 radical (unpaired) electrons. The van der Waals surface area contributed by atoms with Crippen molar-refractivity contribution in [1.82, 2.24) is 0 Å². The van der Waals surface area contributed by atoms with Gasteiger partial charge in [-0.2, -0.15) is 0 Å². The molecule has 5 fully saturated rings. The summed E-state index contributed by atoms with van der Waals surface area (Å²) in [5.41, 5.74) is 18.4. The fourth-order valence-electron chi connectivity index (χ4n) is 6.70. The molecule has 4 unspecified atom stereocenters. The van der Waals surface area contributed by atoms with Gasteiger partial charge in [-0.15, -0.1) is 0 Å². The number of aliphatic hydroxyl groups is 1. The highest BCUT2D eigenvalue weighted by Gasteiger charge is 2.58. The first-order chi connectivity index (χ1) is 18.4. The van der Waals surface area contributed by atoms with Crippen LogP contribution in [0.5, 0.6) is 0 Å². The lowest BCUT2D eigenvalue weighted by Crippen LogP contribution is -2.57. The van der Waals surface area contributed by atoms with Gasteiger partial charge in [0, 0.05) is 35.5 Å². The summed E-state index contributed by atoms with van der Waals surface area (Å²) in [6.07, 6.45) is 5.46. The molecular weight excluding hydrogens is 496 g/mol. The van der Waals surface area contributed by atoms with E-state index in [4.69, 9.17) is 34.0 Å². The van der Waals surface area contributed by atoms with Crippen molar-refractivity contribution in [3.05, 3.63) is 33.2 Å². The molecule has 13 heteroatoms. The van der Waals surface area contributed by atoms with Crippen LogP contribution in [0.2, 0.25) is 0 Å². The normalized spacial score (nSPS) is 38.5. The van der Waals surface area contributed by atoms with Crippen LogP contribution in [0.4, 0.5) is 0 Å². The van der Waals surface area contributed by atoms with E-state index in [9.17, 15) is 10.6 Å². The van der Waals surface area contributed by atoms with E-state index in [2.05, 4.69) is 26.6 Å². The number of azide groups is 2. The van der Waals surface area contributed by atoms with Gasteiger partial charge in [0.25, 0.3) is 0 Å². The van der Waals surface area contributed by atoms with Crippen molar-refractivity contribution >= 4 is 0 Å². The molecule has 5 rings (SSSR count). The van der Waals surface area contributed by atoms with E-state index in [1.54, 1.807) is 6.92 Å². The third-order valence-corrected chi connectivity index (χ3v) is 8.46. The van der Waals surface area contributed by atoms with Crippen LogP contribution in [-0.4, -0.2) is 72.2 Å². The first kappa shape index (κ1) is 27.5. The van der Waals surface area contributed by atoms with Gasteiger partial charge >= 0.3 is 0 Å². The van der Waals surface area contributed by atoms with Crippen LogP contribution in [0.3, 0.4) is 0 Å². The average molecular weight is 535 g/mol. The highest BCUT2D eigenvalue weighted by Crippen LogP contribution is 2.47. The van der Waals surface area contributed by atoms with Gasteiger partial charge in [-0.25, -0.2) is 0 Å². The summed E-state index contributed by atoms with van der Waals surface area (Å²) >= 11 is 0. The number of hydrogen-bond acceptors (Lipinski definition) is 9. The summed E-state index contributed by atoms with van der Waals surface area (Å²) in [6, 6.07) is -1.20. The van der Waals surface area contributed by atoms with Gasteiger partial charge < -0.3 is 33.5 Å². The second kappa shape index (κ2) is 11.6. The second-order valence-electron chi connectivity index (χ2n) is 11.1. The number of fused-ring (bicyclic) bond motifs is 1. The van der Waals surface area contributed by atoms with Gasteiger partial charge in [-0.3, -0.25) is 0 Å². The molecule has 3 aliphatic carbocycles. The first-order valence-electron chi connectivity index (χ1n) is 13.8. The molecule has 2 spiro atoms. The van der Waals surface area contributed by atoms with Crippen LogP contribution in [-0.2, 0) is 28.4 Å². The summed E-state index contributed by atoms with van der Waals surface area (Å²) in [5.74, 6) is -1.60. The molecule has 0 amide bonds. The highest BCUT2D eigenvalue weighted by atomic mass is 16.8. The van der Waals surface area contributed by atoms with Crippen molar-refractivity contribution in [2.45, 2.75) is 138 Å². The summed E-state index contributed by atoms with van der Waals surface area (Å²) < 4.78 is 37.8. The summed E-state index contributed by atoms with van der Waals surface area (Å²) in [5, 5.41) is 18.2. The molecule has 0 aromatic heterocycles. The second-order valence-corrected chi connectivity index (χ2v) is 11.1. The van der Waals surface area contributed by atoms with Crippen molar-refractivity contribution in [2.24, 2.45) is 10.2 Å². The predicted molar refractivity (Wildman–Crippen MR) is 134 cm³/mol. The van der Waals surface area contributed by atoms with Gasteiger partial charge in [0.1, 0.15) is 24.1 Å². The molecule has 2 saturated heterocycles. The molecule has 13 nitrogen and oxygen atoms in total. The standard InChI is InChI=1S/C25H38N6O7/c1-15(32)20-19(14-33-24(36-20)9-5-3-6-10-24)34-16(2)35-21-17(28-30-26)13-18(29-31-27)22-23(21)38-25(37-22)11-7-4-8-12-25/h16-23,32H,1,3-14H2,2H3/t16-,17?,18-,19?,20+,21-,22?,23?/m1/s1. The Morgan fingerprint density at radius 1 is 0.895 bits per heavy atom. The van der Waals surface area contributed by atoms with Crippen LogP contribution in [0, 0.1) is 0 Å². The molecule has 5 aliphatic rings. The van der Waals surface area contributed by atoms with Crippen molar-refractivity contribution in [2.75, 3.05) is 6.61 Å². The van der Waals surface area contributed by atoms with E-state index in [1.165, 1.54) is 0 Å². The quantitative estimate of drug-likeness (QED) is 0.148. The maximum Gasteiger partial charge on any atom is 0.169 e. The van der Waals surface area contributed by atoms with E-state index in [0.29, 0.717) is 0 Å². The van der Waals surface area contributed by atoms with Crippen LogP contribution in [0.1, 0.15) is 77.6 Å². The minimum absolute atomic E-state index is 0.121. The minimum Gasteiger partial charge on any atom is -0.510 e. The third kappa shape index (κ3) is 5.61. The van der Waals surface area contributed by atoms with Gasteiger partial charge in [-0.05, 0) is 50.1 Å². The topological polar surface area (TPSA) is 173 Å². The Labute approximate surface area is 222 Å². The molecule has 8 atom stereocenters. The summed E-state index contributed by atoms with van der Waals surface area (Å²) in [6.45, 7) is 5.66. The highest BCUT2D eigenvalue weighted by molar-refractivity contribution is 5.07. The third-order valence-electron chi connectivity index (χ3n) is 8.46. The zero-order chi connectivity index (χ0) is 26.8. The Bertz CT molecular complexity index is 958. The monoisotopic (exact) mass is 534 g/mol. The molecule has 2 aliphatic heterocycles. The maximum absolute atomic E-state index is 10.3. The number of nitrogens with zero attached hydrogens (tertiary/aromatic N) is 6. The van der Waals surface area contributed by atoms with Gasteiger partial charge in [0.15, 0.2) is 17.9 Å². The lowest BCUT2D eigenvalue weighted by atomic mass is 9.84. The SMILES string of the molecule is C=C(O)[C@@H]1OC2(CCCCC2)OCC1O[C@@H](C)O[C@@H]1C(N=[N+]=[N-])C[C@@H](N=[N+]=[N-])C2OC3(CCCCC3)OC21. The van der Waals surface area contributed by atoms with Crippen LogP contribution < -0.4 is 0 Å². The van der Waals surface area contributed by atoms with Crippen molar-refractivity contribution in [3.8, 4) is 0 Å². The Kier molecular flexibility index (Phi) is 8.37. The largest absolute Gasteiger partial charge is 0.510 e. The molecule has 3 saturated carbocycles. The molecule has 0 aromatic rings. The van der Waals surface area contributed by atoms with Crippen LogP contribution in [0.25, 0.3) is 20.9 Å². The average Bonchev–Trinajstić information content (AvgIpc) is 3.27. The molecular formula is C25H38N6O7. The fraction of sp³-hybridized carbons (Fsp3) is 0.920. The number of hydrogen-bond donors (Lipinski definition) is 1. The van der Waals surface area contributed by atoms with E-state index >= 15 is 0 Å². The van der Waals surface area contributed by atoms with Crippen molar-refractivity contribution in [1.29, 1.82) is 0 Å². The Balaban J connectivity index is 1.31.